The molecule has 1 heterocycles. The number of aromatic carboxylic acids is 1. The summed E-state index contributed by atoms with van der Waals surface area (Å²) in [5.74, 6) is -0.971. The molecule has 0 bridgehead atoms. The minimum Gasteiger partial charge on any atom is -0.478 e. The molecule has 3 rings (SSSR count). The number of fused-ring (bicyclic) bond motifs is 2. The predicted octanol–water partition coefficient (Wildman–Crippen LogP) is 2.39. The van der Waals surface area contributed by atoms with Crippen molar-refractivity contribution < 1.29 is 15.0 Å². The van der Waals surface area contributed by atoms with Crippen LogP contribution >= 0.6 is 0 Å². The zero-order valence-electron chi connectivity index (χ0n) is 10.1. The number of rotatable bonds is 1. The number of carboxylic acid groups (broad SMARTS) is 1. The Kier molecular flexibility index (Phi) is 2.72. The van der Waals surface area contributed by atoms with E-state index in [1.807, 2.05) is 24.3 Å². The second-order valence-electron chi connectivity index (χ2n) is 4.60. The molecule has 2 aromatic carbocycles. The fourth-order valence-corrected chi connectivity index (χ4v) is 2.39. The van der Waals surface area contributed by atoms with Crippen LogP contribution in [0.25, 0.3) is 0 Å². The van der Waals surface area contributed by atoms with Gasteiger partial charge in [0.15, 0.2) is 6.23 Å². The van der Waals surface area contributed by atoms with Crippen LogP contribution in [0, 0.1) is 0 Å². The normalized spacial score (nSPS) is 16.8. The Morgan fingerprint density at radius 3 is 2.74 bits per heavy atom. The van der Waals surface area contributed by atoms with Crippen molar-refractivity contribution in [1.29, 1.82) is 0 Å². The molecule has 0 fully saturated rings. The quantitative estimate of drug-likeness (QED) is 0.731. The fraction of sp³-hybridized carbons (Fsp3) is 0.133. The lowest BCUT2D eigenvalue weighted by Gasteiger charge is -2.14. The highest BCUT2D eigenvalue weighted by molar-refractivity contribution is 5.89. The van der Waals surface area contributed by atoms with Crippen molar-refractivity contribution in [3.63, 3.8) is 0 Å². The van der Waals surface area contributed by atoms with E-state index in [4.69, 9.17) is 5.11 Å². The third-order valence-electron chi connectivity index (χ3n) is 3.38. The van der Waals surface area contributed by atoms with Gasteiger partial charge in [0.25, 0.3) is 0 Å². The number of aliphatic hydroxyl groups is 1. The van der Waals surface area contributed by atoms with Crippen LogP contribution in [-0.4, -0.2) is 16.2 Å². The van der Waals surface area contributed by atoms with Crippen LogP contribution in [0.5, 0.6) is 0 Å². The summed E-state index contributed by atoms with van der Waals surface area (Å²) in [6, 6.07) is 12.6. The molecule has 0 saturated carbocycles. The Labute approximate surface area is 110 Å². The van der Waals surface area contributed by atoms with Crippen molar-refractivity contribution in [2.45, 2.75) is 12.6 Å². The van der Waals surface area contributed by atoms with Crippen LogP contribution in [-0.2, 0) is 6.42 Å². The highest BCUT2D eigenvalue weighted by atomic mass is 16.4. The lowest BCUT2D eigenvalue weighted by Crippen LogP contribution is -2.10. The third-order valence-corrected chi connectivity index (χ3v) is 3.38. The molecule has 0 radical (unpaired) electrons. The van der Waals surface area contributed by atoms with Gasteiger partial charge in [-0.25, -0.2) is 4.79 Å². The van der Waals surface area contributed by atoms with Crippen LogP contribution in [0.3, 0.4) is 0 Å². The van der Waals surface area contributed by atoms with Crippen molar-refractivity contribution in [2.75, 3.05) is 5.32 Å². The van der Waals surface area contributed by atoms with Crippen LogP contribution < -0.4 is 5.32 Å². The number of hydrogen-bond acceptors (Lipinski definition) is 3. The largest absolute Gasteiger partial charge is 0.478 e. The van der Waals surface area contributed by atoms with Gasteiger partial charge in [0, 0.05) is 11.3 Å². The first kappa shape index (κ1) is 11.7. The summed E-state index contributed by atoms with van der Waals surface area (Å²) in [6.45, 7) is 0. The molecular formula is C15H13NO3. The van der Waals surface area contributed by atoms with Gasteiger partial charge in [0.2, 0.25) is 0 Å². The summed E-state index contributed by atoms with van der Waals surface area (Å²) in [5.41, 5.74) is 3.74. The molecule has 0 spiro atoms. The molecule has 4 nitrogen and oxygen atoms in total. The van der Waals surface area contributed by atoms with E-state index < -0.39 is 12.2 Å². The zero-order chi connectivity index (χ0) is 13.4. The van der Waals surface area contributed by atoms with Gasteiger partial charge in [-0.2, -0.15) is 0 Å². The number of anilines is 1. The van der Waals surface area contributed by atoms with Gasteiger partial charge in [0.1, 0.15) is 0 Å². The standard InChI is InChI=1S/C15H13NO3/c17-14-12-4-2-1-3-9(12)7-10-5-6-11(15(18)19)8-13(10)16-14/h1-6,8,14,16-17H,7H2,(H,18,19). The number of carboxylic acids is 1. The number of benzene rings is 2. The molecule has 0 aromatic heterocycles. The fourth-order valence-electron chi connectivity index (χ4n) is 2.39. The van der Waals surface area contributed by atoms with Crippen molar-refractivity contribution >= 4 is 11.7 Å². The van der Waals surface area contributed by atoms with Gasteiger partial charge in [-0.3, -0.25) is 0 Å². The van der Waals surface area contributed by atoms with E-state index in [1.54, 1.807) is 18.2 Å². The topological polar surface area (TPSA) is 69.6 Å². The van der Waals surface area contributed by atoms with Gasteiger partial charge < -0.3 is 15.5 Å². The monoisotopic (exact) mass is 255 g/mol. The zero-order valence-corrected chi connectivity index (χ0v) is 10.1. The van der Waals surface area contributed by atoms with E-state index in [1.165, 1.54) is 0 Å². The molecule has 19 heavy (non-hydrogen) atoms. The third kappa shape index (κ3) is 2.06. The number of nitrogens with one attached hydrogen (secondary N) is 1. The highest BCUT2D eigenvalue weighted by Gasteiger charge is 2.19. The highest BCUT2D eigenvalue weighted by Crippen LogP contribution is 2.31. The first-order valence-corrected chi connectivity index (χ1v) is 6.04. The first-order valence-electron chi connectivity index (χ1n) is 6.04. The molecule has 3 N–H and O–H groups in total. The summed E-state index contributed by atoms with van der Waals surface area (Å²) in [6.07, 6.45) is -0.142. The van der Waals surface area contributed by atoms with Crippen molar-refractivity contribution in [1.82, 2.24) is 0 Å². The van der Waals surface area contributed by atoms with Crippen molar-refractivity contribution in [2.24, 2.45) is 0 Å². The van der Waals surface area contributed by atoms with E-state index in [-0.39, 0.29) is 5.56 Å². The molecule has 1 atom stereocenters. The van der Waals surface area contributed by atoms with Crippen LogP contribution in [0.15, 0.2) is 42.5 Å². The van der Waals surface area contributed by atoms with Crippen LogP contribution in [0.1, 0.15) is 33.3 Å². The lowest BCUT2D eigenvalue weighted by atomic mass is 9.99. The van der Waals surface area contributed by atoms with Gasteiger partial charge in [-0.1, -0.05) is 30.3 Å². The summed E-state index contributed by atoms with van der Waals surface area (Å²) < 4.78 is 0. The first-order chi connectivity index (χ1) is 9.15. The average molecular weight is 255 g/mol. The number of aliphatic hydroxyl groups excluding tert-OH is 1. The van der Waals surface area contributed by atoms with E-state index in [9.17, 15) is 9.90 Å². The minimum absolute atomic E-state index is 0.212. The second-order valence-corrected chi connectivity index (χ2v) is 4.60. The lowest BCUT2D eigenvalue weighted by molar-refractivity contribution is 0.0697. The maximum absolute atomic E-state index is 11.0. The maximum atomic E-state index is 11.0. The van der Waals surface area contributed by atoms with E-state index >= 15 is 0 Å². The SMILES string of the molecule is O=C(O)c1ccc2c(c1)NC(O)c1ccccc1C2. The van der Waals surface area contributed by atoms with Gasteiger partial charge in [0.05, 0.1) is 5.56 Å². The van der Waals surface area contributed by atoms with E-state index in [0.29, 0.717) is 12.1 Å². The molecule has 0 saturated heterocycles. The van der Waals surface area contributed by atoms with E-state index in [2.05, 4.69) is 5.32 Å². The Morgan fingerprint density at radius 1 is 1.16 bits per heavy atom. The smallest absolute Gasteiger partial charge is 0.335 e. The van der Waals surface area contributed by atoms with Crippen molar-refractivity contribution in [3.8, 4) is 0 Å². The molecule has 96 valence electrons. The molecule has 0 aliphatic carbocycles. The Hall–Kier alpha value is -2.33. The molecule has 0 amide bonds. The van der Waals surface area contributed by atoms with Crippen molar-refractivity contribution in [3.05, 3.63) is 64.7 Å². The van der Waals surface area contributed by atoms with Gasteiger partial charge >= 0.3 is 5.97 Å². The molecule has 4 heteroatoms. The van der Waals surface area contributed by atoms with Crippen LogP contribution in [0.4, 0.5) is 5.69 Å². The summed E-state index contributed by atoms with van der Waals surface area (Å²) in [4.78, 5) is 11.0. The summed E-state index contributed by atoms with van der Waals surface area (Å²) >= 11 is 0. The molecule has 2 aromatic rings. The Bertz CT molecular complexity index is 652. The number of carbonyl (C=O) groups is 1. The van der Waals surface area contributed by atoms with Gasteiger partial charge in [-0.15, -0.1) is 0 Å². The second kappa shape index (κ2) is 4.40. The Morgan fingerprint density at radius 2 is 1.95 bits per heavy atom. The molecule has 1 aliphatic heterocycles. The molecule has 1 unspecified atom stereocenters. The van der Waals surface area contributed by atoms with Gasteiger partial charge in [-0.05, 0) is 29.7 Å². The maximum Gasteiger partial charge on any atom is 0.335 e. The summed E-state index contributed by atoms with van der Waals surface area (Å²) in [7, 11) is 0. The average Bonchev–Trinajstić information content (AvgIpc) is 2.54. The number of hydrogen-bond donors (Lipinski definition) is 3. The molecule has 1 aliphatic rings. The van der Waals surface area contributed by atoms with E-state index in [0.717, 1.165) is 16.7 Å². The van der Waals surface area contributed by atoms with Crippen LogP contribution in [0.2, 0.25) is 0 Å². The molecular weight excluding hydrogens is 242 g/mol. The predicted molar refractivity (Wildman–Crippen MR) is 71.2 cm³/mol. The minimum atomic E-state index is -0.971. The Balaban J connectivity index is 2.09. The summed E-state index contributed by atoms with van der Waals surface area (Å²) in [5, 5.41) is 22.1.